The van der Waals surface area contributed by atoms with E-state index in [9.17, 15) is 4.79 Å². The predicted molar refractivity (Wildman–Crippen MR) is 91.0 cm³/mol. The number of anilines is 1. The average molecular weight is 342 g/mol. The predicted octanol–water partition coefficient (Wildman–Crippen LogP) is 0.726. The van der Waals surface area contributed by atoms with Crippen molar-refractivity contribution >= 4 is 11.7 Å². The largest absolute Gasteiger partial charge is 0.375 e. The second-order valence-corrected chi connectivity index (χ2v) is 6.54. The van der Waals surface area contributed by atoms with E-state index in [-0.39, 0.29) is 18.1 Å². The van der Waals surface area contributed by atoms with Gasteiger partial charge in [-0.1, -0.05) is 0 Å². The van der Waals surface area contributed by atoms with Crippen LogP contribution in [0, 0.1) is 0 Å². The molecule has 8 heteroatoms. The van der Waals surface area contributed by atoms with Gasteiger partial charge in [0.05, 0.1) is 23.8 Å². The van der Waals surface area contributed by atoms with Gasteiger partial charge in [0.15, 0.2) is 0 Å². The summed E-state index contributed by atoms with van der Waals surface area (Å²) in [6, 6.07) is 0. The molecular weight excluding hydrogens is 320 g/mol. The molecule has 0 aliphatic carbocycles. The molecule has 0 unspecified atom stereocenters. The van der Waals surface area contributed by atoms with Gasteiger partial charge >= 0.3 is 0 Å². The monoisotopic (exact) mass is 342 g/mol. The van der Waals surface area contributed by atoms with Gasteiger partial charge in [-0.05, 0) is 12.8 Å². The highest BCUT2D eigenvalue weighted by atomic mass is 16.5. The van der Waals surface area contributed by atoms with Crippen LogP contribution in [0.15, 0.2) is 24.9 Å². The molecule has 2 aromatic rings. The molecule has 1 saturated heterocycles. The first-order chi connectivity index (χ1) is 12.2. The van der Waals surface area contributed by atoms with Crippen molar-refractivity contribution in [1.82, 2.24) is 24.8 Å². The number of carbonyl (C=O) groups is 1. The molecule has 1 fully saturated rings. The number of rotatable bonds is 3. The Morgan fingerprint density at radius 1 is 1.28 bits per heavy atom. The number of nitrogens with zero attached hydrogens (tertiary/aromatic N) is 5. The number of imidazole rings is 1. The van der Waals surface area contributed by atoms with Gasteiger partial charge in [-0.3, -0.25) is 9.78 Å². The molecule has 132 valence electrons. The van der Waals surface area contributed by atoms with Crippen molar-refractivity contribution < 1.29 is 9.53 Å². The lowest BCUT2D eigenvalue weighted by molar-refractivity contribution is -0.144. The van der Waals surface area contributed by atoms with E-state index in [1.807, 2.05) is 4.90 Å². The van der Waals surface area contributed by atoms with Gasteiger partial charge in [-0.2, -0.15) is 0 Å². The van der Waals surface area contributed by atoms with Crippen molar-refractivity contribution in [1.29, 1.82) is 0 Å². The molecule has 2 aliphatic rings. The third-order valence-electron chi connectivity index (χ3n) is 5.29. The lowest BCUT2D eigenvalue weighted by Crippen LogP contribution is -2.59. The van der Waals surface area contributed by atoms with Crippen LogP contribution in [0.4, 0.5) is 5.82 Å². The molecule has 0 radical (unpaired) electrons. The van der Waals surface area contributed by atoms with Crippen molar-refractivity contribution in [2.75, 3.05) is 38.3 Å². The average Bonchev–Trinajstić information content (AvgIpc) is 3.14. The highest BCUT2D eigenvalue weighted by Gasteiger charge is 2.48. The van der Waals surface area contributed by atoms with Gasteiger partial charge in [-0.25, -0.2) is 9.97 Å². The fourth-order valence-corrected chi connectivity index (χ4v) is 4.11. The molecule has 25 heavy (non-hydrogen) atoms. The number of ether oxygens (including phenoxy) is 1. The summed E-state index contributed by atoms with van der Waals surface area (Å²) in [6.07, 6.45) is 9.35. The zero-order valence-electron chi connectivity index (χ0n) is 14.3. The van der Waals surface area contributed by atoms with Gasteiger partial charge in [-0.15, -0.1) is 0 Å². The van der Waals surface area contributed by atoms with E-state index in [0.717, 1.165) is 49.6 Å². The number of carbonyl (C=O) groups excluding carboxylic acids is 1. The number of fused-ring (bicyclic) bond motifs is 2. The van der Waals surface area contributed by atoms with Crippen molar-refractivity contribution in [3.8, 4) is 0 Å². The zero-order valence-corrected chi connectivity index (χ0v) is 14.3. The van der Waals surface area contributed by atoms with Crippen LogP contribution in [0.2, 0.25) is 0 Å². The molecule has 1 N–H and O–H groups in total. The van der Waals surface area contributed by atoms with Crippen LogP contribution >= 0.6 is 0 Å². The van der Waals surface area contributed by atoms with E-state index in [0.29, 0.717) is 6.54 Å². The van der Waals surface area contributed by atoms with E-state index in [4.69, 9.17) is 4.74 Å². The summed E-state index contributed by atoms with van der Waals surface area (Å²) in [7, 11) is 1.56. The molecule has 2 aromatic heterocycles. The maximum atomic E-state index is 12.7. The third kappa shape index (κ3) is 2.66. The first-order valence-corrected chi connectivity index (χ1v) is 8.58. The first-order valence-electron chi connectivity index (χ1n) is 8.58. The van der Waals surface area contributed by atoms with E-state index < -0.39 is 0 Å². The summed E-state index contributed by atoms with van der Waals surface area (Å²) < 4.78 is 5.10. The number of nitrogens with one attached hydrogen (secondary N) is 1. The van der Waals surface area contributed by atoms with Crippen LogP contribution in [-0.4, -0.2) is 64.1 Å². The number of aromatic nitrogens is 4. The van der Waals surface area contributed by atoms with Gasteiger partial charge in [0.2, 0.25) is 5.91 Å². The van der Waals surface area contributed by atoms with Gasteiger partial charge in [0, 0.05) is 51.3 Å². The number of methoxy groups -OCH3 is 1. The molecular formula is C17H22N6O2. The number of aromatic amines is 1. The van der Waals surface area contributed by atoms with Crippen molar-refractivity contribution in [2.24, 2.45) is 0 Å². The molecule has 0 bridgehead atoms. The fraction of sp³-hybridized carbons (Fsp3) is 0.529. The minimum atomic E-state index is -0.359. The van der Waals surface area contributed by atoms with Crippen LogP contribution in [0.1, 0.15) is 24.2 Å². The molecule has 4 heterocycles. The van der Waals surface area contributed by atoms with Gasteiger partial charge in [0.25, 0.3) is 0 Å². The maximum absolute atomic E-state index is 12.7. The van der Waals surface area contributed by atoms with Gasteiger partial charge in [0.1, 0.15) is 12.4 Å². The Hall–Kier alpha value is -2.48. The second-order valence-electron chi connectivity index (χ2n) is 6.54. The van der Waals surface area contributed by atoms with Crippen molar-refractivity contribution in [3.63, 3.8) is 0 Å². The standard InChI is InChI=1S/C17H22N6O2/c1-25-11-15(24)23-7-2-13-16(21-12-20-13)17(23)3-8-22(9-4-17)14-10-18-5-6-19-14/h5-6,10,12H,2-4,7-9,11H2,1H3,(H,20,21). The Kier molecular flexibility index (Phi) is 4.12. The number of amides is 1. The molecule has 0 saturated carbocycles. The minimum Gasteiger partial charge on any atom is -0.375 e. The molecule has 8 nitrogen and oxygen atoms in total. The Morgan fingerprint density at radius 2 is 2.12 bits per heavy atom. The van der Waals surface area contributed by atoms with Crippen LogP contribution in [0.25, 0.3) is 0 Å². The topological polar surface area (TPSA) is 87.2 Å². The smallest absolute Gasteiger partial charge is 0.249 e. The van der Waals surface area contributed by atoms with E-state index >= 15 is 0 Å². The normalized spacial score (nSPS) is 19.1. The summed E-state index contributed by atoms with van der Waals surface area (Å²) in [5, 5.41) is 0. The lowest BCUT2D eigenvalue weighted by atomic mass is 9.78. The van der Waals surface area contributed by atoms with Crippen LogP contribution in [0.3, 0.4) is 0 Å². The minimum absolute atomic E-state index is 0.0316. The highest BCUT2D eigenvalue weighted by Crippen LogP contribution is 2.42. The summed E-state index contributed by atoms with van der Waals surface area (Å²) in [4.78, 5) is 33.3. The third-order valence-corrected chi connectivity index (χ3v) is 5.29. The molecule has 0 aromatic carbocycles. The molecule has 4 rings (SSSR count). The first kappa shape index (κ1) is 16.0. The Bertz CT molecular complexity index is 739. The van der Waals surface area contributed by atoms with Crippen LogP contribution in [0.5, 0.6) is 0 Å². The quantitative estimate of drug-likeness (QED) is 0.885. The number of piperidine rings is 1. The number of hydrogen-bond acceptors (Lipinski definition) is 6. The fourth-order valence-electron chi connectivity index (χ4n) is 4.11. The Morgan fingerprint density at radius 3 is 2.84 bits per heavy atom. The van der Waals surface area contributed by atoms with Crippen LogP contribution in [-0.2, 0) is 21.5 Å². The summed E-state index contributed by atoms with van der Waals surface area (Å²) in [6.45, 7) is 2.42. The van der Waals surface area contributed by atoms with E-state index in [1.165, 1.54) is 0 Å². The molecule has 2 aliphatic heterocycles. The number of hydrogen-bond donors (Lipinski definition) is 1. The number of H-pyrrole nitrogens is 1. The van der Waals surface area contributed by atoms with Crippen molar-refractivity contribution in [3.05, 3.63) is 36.3 Å². The molecule has 0 atom stereocenters. The van der Waals surface area contributed by atoms with Crippen LogP contribution < -0.4 is 4.90 Å². The van der Waals surface area contributed by atoms with E-state index in [2.05, 4.69) is 24.8 Å². The summed E-state index contributed by atoms with van der Waals surface area (Å²) in [5.41, 5.74) is 1.80. The van der Waals surface area contributed by atoms with Crippen molar-refractivity contribution in [2.45, 2.75) is 24.8 Å². The Balaban J connectivity index is 1.62. The highest BCUT2D eigenvalue weighted by molar-refractivity contribution is 5.79. The summed E-state index contributed by atoms with van der Waals surface area (Å²) in [5.74, 6) is 0.911. The van der Waals surface area contributed by atoms with E-state index in [1.54, 1.807) is 32.0 Å². The Labute approximate surface area is 146 Å². The maximum Gasteiger partial charge on any atom is 0.249 e. The molecule has 1 spiro atoms. The second kappa shape index (κ2) is 6.44. The van der Waals surface area contributed by atoms with Gasteiger partial charge < -0.3 is 19.5 Å². The lowest BCUT2D eigenvalue weighted by Gasteiger charge is -2.50. The molecule has 1 amide bonds. The zero-order chi connectivity index (χ0) is 17.3. The summed E-state index contributed by atoms with van der Waals surface area (Å²) >= 11 is 0. The SMILES string of the molecule is COCC(=O)N1CCc2[nH]cnc2C12CCN(c1cnccn1)CC2.